The molecule has 1 N–H and O–H groups in total. The van der Waals surface area contributed by atoms with Crippen LogP contribution in [0.5, 0.6) is 0 Å². The SMILES string of the molecule is C[C@H](c1c(F)cccc1Cl)N1CCNCC1.Cl.Cl. The lowest BCUT2D eigenvalue weighted by atomic mass is 10.1. The Kier molecular flexibility index (Phi) is 8.15. The summed E-state index contributed by atoms with van der Waals surface area (Å²) in [5, 5.41) is 3.80. The zero-order valence-corrected chi connectivity index (χ0v) is 12.5. The second-order valence-electron chi connectivity index (χ2n) is 4.10. The number of nitrogens with one attached hydrogen (secondary N) is 1. The van der Waals surface area contributed by atoms with E-state index in [4.69, 9.17) is 11.6 Å². The van der Waals surface area contributed by atoms with Crippen molar-refractivity contribution < 1.29 is 4.39 Å². The number of hydrogen-bond donors (Lipinski definition) is 1. The summed E-state index contributed by atoms with van der Waals surface area (Å²) >= 11 is 6.06. The standard InChI is InChI=1S/C12H16ClFN2.2ClH/c1-9(16-7-5-15-6-8-16)12-10(13)3-2-4-11(12)14;;/h2-4,9,15H,5-8H2,1H3;2*1H/t9-;;/m1../s1. The molecule has 104 valence electrons. The van der Waals surface area contributed by atoms with Crippen molar-refractivity contribution in [3.05, 3.63) is 34.6 Å². The normalized spacial score (nSPS) is 17.5. The van der Waals surface area contributed by atoms with Gasteiger partial charge in [0.2, 0.25) is 0 Å². The molecular weight excluding hydrogens is 298 g/mol. The Hall–Kier alpha value is -0.0600. The van der Waals surface area contributed by atoms with Gasteiger partial charge in [0.1, 0.15) is 5.82 Å². The van der Waals surface area contributed by atoms with Crippen LogP contribution in [0.15, 0.2) is 18.2 Å². The van der Waals surface area contributed by atoms with Crippen molar-refractivity contribution in [2.24, 2.45) is 0 Å². The maximum absolute atomic E-state index is 13.7. The van der Waals surface area contributed by atoms with Crippen LogP contribution in [0, 0.1) is 5.82 Å². The minimum atomic E-state index is -0.210. The number of hydrogen-bond acceptors (Lipinski definition) is 2. The van der Waals surface area contributed by atoms with Crippen LogP contribution in [0.4, 0.5) is 4.39 Å². The van der Waals surface area contributed by atoms with Gasteiger partial charge >= 0.3 is 0 Å². The minimum Gasteiger partial charge on any atom is -0.314 e. The third-order valence-electron chi connectivity index (χ3n) is 3.12. The van der Waals surface area contributed by atoms with Crippen molar-refractivity contribution in [2.75, 3.05) is 26.2 Å². The highest BCUT2D eigenvalue weighted by atomic mass is 35.5. The Morgan fingerprint density at radius 3 is 2.44 bits per heavy atom. The van der Waals surface area contributed by atoms with E-state index in [2.05, 4.69) is 10.2 Å². The molecule has 0 spiro atoms. The van der Waals surface area contributed by atoms with Gasteiger partial charge in [0.15, 0.2) is 0 Å². The highest BCUT2D eigenvalue weighted by Crippen LogP contribution is 2.29. The van der Waals surface area contributed by atoms with E-state index in [1.54, 1.807) is 12.1 Å². The molecule has 2 nitrogen and oxygen atoms in total. The van der Waals surface area contributed by atoms with E-state index in [1.807, 2.05) is 6.92 Å². The zero-order valence-electron chi connectivity index (χ0n) is 10.2. The fourth-order valence-corrected chi connectivity index (χ4v) is 2.48. The summed E-state index contributed by atoms with van der Waals surface area (Å²) in [4.78, 5) is 2.25. The molecule has 1 saturated heterocycles. The van der Waals surface area contributed by atoms with E-state index < -0.39 is 0 Å². The van der Waals surface area contributed by atoms with Crippen molar-refractivity contribution in [1.29, 1.82) is 0 Å². The average molecular weight is 316 g/mol. The molecular formula is C12H18Cl3FN2. The molecule has 6 heteroatoms. The van der Waals surface area contributed by atoms with Crippen LogP contribution in [0.1, 0.15) is 18.5 Å². The van der Waals surface area contributed by atoms with Gasteiger partial charge in [-0.05, 0) is 19.1 Å². The van der Waals surface area contributed by atoms with Gasteiger partial charge in [-0.25, -0.2) is 4.39 Å². The highest BCUT2D eigenvalue weighted by Gasteiger charge is 2.22. The number of benzene rings is 1. The van der Waals surface area contributed by atoms with Crippen molar-refractivity contribution >= 4 is 36.4 Å². The van der Waals surface area contributed by atoms with Crippen molar-refractivity contribution in [3.63, 3.8) is 0 Å². The molecule has 0 unspecified atom stereocenters. The van der Waals surface area contributed by atoms with E-state index in [1.165, 1.54) is 6.07 Å². The van der Waals surface area contributed by atoms with E-state index in [-0.39, 0.29) is 36.7 Å². The van der Waals surface area contributed by atoms with Crippen LogP contribution < -0.4 is 5.32 Å². The smallest absolute Gasteiger partial charge is 0.129 e. The predicted molar refractivity (Wildman–Crippen MR) is 78.8 cm³/mol. The first-order chi connectivity index (χ1) is 7.70. The first kappa shape index (κ1) is 17.9. The Balaban J connectivity index is 0.00000144. The molecule has 1 aromatic carbocycles. The number of piperazine rings is 1. The van der Waals surface area contributed by atoms with Gasteiger partial charge < -0.3 is 5.32 Å². The van der Waals surface area contributed by atoms with E-state index in [0.29, 0.717) is 10.6 Å². The quantitative estimate of drug-likeness (QED) is 0.901. The summed E-state index contributed by atoms with van der Waals surface area (Å²) in [5.41, 5.74) is 0.617. The molecule has 1 heterocycles. The summed E-state index contributed by atoms with van der Waals surface area (Å²) in [6, 6.07) is 4.90. The largest absolute Gasteiger partial charge is 0.314 e. The van der Waals surface area contributed by atoms with Crippen LogP contribution in [0.3, 0.4) is 0 Å². The third-order valence-corrected chi connectivity index (χ3v) is 3.45. The molecule has 0 aromatic heterocycles. The number of rotatable bonds is 2. The molecule has 2 rings (SSSR count). The summed E-state index contributed by atoms with van der Waals surface area (Å²) < 4.78 is 13.7. The summed E-state index contributed by atoms with van der Waals surface area (Å²) in [5.74, 6) is -0.210. The van der Waals surface area contributed by atoms with Gasteiger partial charge in [0, 0.05) is 42.8 Å². The average Bonchev–Trinajstić information content (AvgIpc) is 2.30. The third kappa shape index (κ3) is 3.97. The van der Waals surface area contributed by atoms with Gasteiger partial charge in [0.25, 0.3) is 0 Å². The molecule has 0 aliphatic carbocycles. The Morgan fingerprint density at radius 2 is 1.89 bits per heavy atom. The fraction of sp³-hybridized carbons (Fsp3) is 0.500. The van der Waals surface area contributed by atoms with Crippen LogP contribution in [-0.4, -0.2) is 31.1 Å². The molecule has 1 aliphatic rings. The fourth-order valence-electron chi connectivity index (χ4n) is 2.16. The lowest BCUT2D eigenvalue weighted by Gasteiger charge is -2.33. The Bertz CT molecular complexity index is 350. The van der Waals surface area contributed by atoms with Crippen molar-refractivity contribution in [1.82, 2.24) is 10.2 Å². The zero-order chi connectivity index (χ0) is 11.5. The molecule has 0 radical (unpaired) electrons. The van der Waals surface area contributed by atoms with Crippen LogP contribution in [0.25, 0.3) is 0 Å². The summed E-state index contributed by atoms with van der Waals surface area (Å²) in [6.07, 6.45) is 0. The maximum Gasteiger partial charge on any atom is 0.129 e. The van der Waals surface area contributed by atoms with Gasteiger partial charge in [0.05, 0.1) is 0 Å². The lowest BCUT2D eigenvalue weighted by Crippen LogP contribution is -2.44. The monoisotopic (exact) mass is 314 g/mol. The molecule has 18 heavy (non-hydrogen) atoms. The van der Waals surface area contributed by atoms with Gasteiger partial charge in [-0.2, -0.15) is 0 Å². The van der Waals surface area contributed by atoms with Crippen LogP contribution >= 0.6 is 36.4 Å². The van der Waals surface area contributed by atoms with Crippen molar-refractivity contribution in [3.8, 4) is 0 Å². The molecule has 1 aliphatic heterocycles. The predicted octanol–water partition coefficient (Wildman–Crippen LogP) is 3.29. The second kappa shape index (κ2) is 8.18. The van der Waals surface area contributed by atoms with E-state index in [9.17, 15) is 4.39 Å². The van der Waals surface area contributed by atoms with Crippen molar-refractivity contribution in [2.45, 2.75) is 13.0 Å². The lowest BCUT2D eigenvalue weighted by molar-refractivity contribution is 0.182. The molecule has 0 bridgehead atoms. The highest BCUT2D eigenvalue weighted by molar-refractivity contribution is 6.31. The number of halogens is 4. The number of nitrogens with zero attached hydrogens (tertiary/aromatic N) is 1. The molecule has 0 saturated carbocycles. The molecule has 0 amide bonds. The first-order valence-corrected chi connectivity index (χ1v) is 5.96. The topological polar surface area (TPSA) is 15.3 Å². The second-order valence-corrected chi connectivity index (χ2v) is 4.50. The Morgan fingerprint density at radius 1 is 1.28 bits per heavy atom. The molecule has 1 aromatic rings. The summed E-state index contributed by atoms with van der Waals surface area (Å²) in [7, 11) is 0. The Labute approximate surface area is 125 Å². The molecule has 1 fully saturated rings. The van der Waals surface area contributed by atoms with Crippen LogP contribution in [-0.2, 0) is 0 Å². The maximum atomic E-state index is 13.7. The minimum absolute atomic E-state index is 0. The van der Waals surface area contributed by atoms with E-state index >= 15 is 0 Å². The van der Waals surface area contributed by atoms with E-state index in [0.717, 1.165) is 26.2 Å². The van der Waals surface area contributed by atoms with Gasteiger partial charge in [-0.15, -0.1) is 24.8 Å². The first-order valence-electron chi connectivity index (χ1n) is 5.59. The summed E-state index contributed by atoms with van der Waals surface area (Å²) in [6.45, 7) is 5.79. The van der Waals surface area contributed by atoms with Gasteiger partial charge in [-0.1, -0.05) is 17.7 Å². The molecule has 1 atom stereocenters. The van der Waals surface area contributed by atoms with Crippen LogP contribution in [0.2, 0.25) is 5.02 Å². The van der Waals surface area contributed by atoms with Gasteiger partial charge in [-0.3, -0.25) is 4.90 Å².